The maximum atomic E-state index is 14.2. The second-order valence-electron chi connectivity index (χ2n) is 16.4. The van der Waals surface area contributed by atoms with Gasteiger partial charge < -0.3 is 20.0 Å². The summed E-state index contributed by atoms with van der Waals surface area (Å²) in [5.74, 6) is -0.365. The van der Waals surface area contributed by atoms with Crippen LogP contribution in [0.15, 0.2) is 42.0 Å². The molecule has 0 radical (unpaired) electrons. The van der Waals surface area contributed by atoms with Crippen molar-refractivity contribution in [3.8, 4) is 0 Å². The van der Waals surface area contributed by atoms with Crippen LogP contribution in [0.25, 0.3) is 0 Å². The Balaban J connectivity index is 1.42. The Hall–Kier alpha value is -3.24. The van der Waals surface area contributed by atoms with Crippen molar-refractivity contribution in [1.29, 1.82) is 0 Å². The van der Waals surface area contributed by atoms with Crippen LogP contribution in [-0.2, 0) is 25.7 Å². The number of carbonyl (C=O) groups is 4. The maximum Gasteiger partial charge on any atom is 0.249 e. The molecule has 278 valence electrons. The minimum Gasteiger partial charge on any atom is -0.342 e. The third kappa shape index (κ3) is 9.75. The first-order valence-electron chi connectivity index (χ1n) is 19.0. The molecule has 10 nitrogen and oxygen atoms in total. The summed E-state index contributed by atoms with van der Waals surface area (Å²) in [4.78, 5) is 65.6. The van der Waals surface area contributed by atoms with Crippen LogP contribution in [0.1, 0.15) is 93.1 Å². The maximum absolute atomic E-state index is 14.2. The monoisotopic (exact) mass is 692 g/mol. The van der Waals surface area contributed by atoms with Gasteiger partial charge in [-0.15, -0.1) is 0 Å². The second kappa shape index (κ2) is 17.3. The molecule has 4 rings (SSSR count). The lowest BCUT2D eigenvalue weighted by molar-refractivity contribution is -0.143. The number of nitrogens with one attached hydrogen (secondary N) is 1. The van der Waals surface area contributed by atoms with Gasteiger partial charge in [0.1, 0.15) is 12.1 Å². The van der Waals surface area contributed by atoms with E-state index in [1.165, 1.54) is 5.56 Å². The van der Waals surface area contributed by atoms with Crippen LogP contribution < -0.4 is 5.32 Å². The largest absolute Gasteiger partial charge is 0.342 e. The van der Waals surface area contributed by atoms with E-state index in [0.717, 1.165) is 51.9 Å². The van der Waals surface area contributed by atoms with Gasteiger partial charge in [-0.1, -0.05) is 77.4 Å². The lowest BCUT2D eigenvalue weighted by Crippen LogP contribution is -2.60. The number of carbonyl (C=O) groups excluding carboxylic acids is 4. The highest BCUT2D eigenvalue weighted by Crippen LogP contribution is 2.27. The Morgan fingerprint density at radius 2 is 1.52 bits per heavy atom. The van der Waals surface area contributed by atoms with Gasteiger partial charge in [-0.3, -0.25) is 29.0 Å². The zero-order chi connectivity index (χ0) is 36.7. The van der Waals surface area contributed by atoms with Gasteiger partial charge in [-0.05, 0) is 69.9 Å². The van der Waals surface area contributed by atoms with E-state index in [1.54, 1.807) is 23.8 Å². The van der Waals surface area contributed by atoms with Crippen LogP contribution in [0.5, 0.6) is 0 Å². The number of rotatable bonds is 11. The van der Waals surface area contributed by atoms with E-state index < -0.39 is 17.5 Å². The average molecular weight is 693 g/mol. The van der Waals surface area contributed by atoms with Gasteiger partial charge in [0.25, 0.3) is 0 Å². The number of hydrogen-bond acceptors (Lipinski definition) is 6. The van der Waals surface area contributed by atoms with Crippen LogP contribution in [0, 0.1) is 11.3 Å². The lowest BCUT2D eigenvalue weighted by Gasteiger charge is -2.41. The van der Waals surface area contributed by atoms with Crippen LogP contribution in [0.4, 0.5) is 0 Å². The fraction of sp³-hybridized carbons (Fsp3) is 0.700. The molecule has 50 heavy (non-hydrogen) atoms. The van der Waals surface area contributed by atoms with Gasteiger partial charge in [0.15, 0.2) is 0 Å². The summed E-state index contributed by atoms with van der Waals surface area (Å²) in [5, 5.41) is 3.16. The first kappa shape index (κ1) is 39.5. The highest BCUT2D eigenvalue weighted by molar-refractivity contribution is 5.97. The molecule has 4 amide bonds. The Kier molecular flexibility index (Phi) is 13.7. The molecule has 3 heterocycles. The highest BCUT2D eigenvalue weighted by atomic mass is 16.2. The van der Waals surface area contributed by atoms with E-state index in [9.17, 15) is 19.2 Å². The Morgan fingerprint density at radius 3 is 2.12 bits per heavy atom. The summed E-state index contributed by atoms with van der Waals surface area (Å²) in [6.45, 7) is 21.3. The van der Waals surface area contributed by atoms with Gasteiger partial charge in [0.05, 0.1) is 12.1 Å². The van der Waals surface area contributed by atoms with Gasteiger partial charge in [-0.25, -0.2) is 0 Å². The van der Waals surface area contributed by atoms with Gasteiger partial charge in [0, 0.05) is 57.9 Å². The Morgan fingerprint density at radius 1 is 0.880 bits per heavy atom. The number of nitrogens with zero attached hydrogens (tertiary/aromatic N) is 5. The van der Waals surface area contributed by atoms with Crippen molar-refractivity contribution in [1.82, 2.24) is 29.8 Å². The molecule has 3 aliphatic heterocycles. The van der Waals surface area contributed by atoms with E-state index in [4.69, 9.17) is 0 Å². The number of hydrogen-bond donors (Lipinski definition) is 1. The predicted molar refractivity (Wildman–Crippen MR) is 199 cm³/mol. The molecule has 0 unspecified atom stereocenters. The molecule has 3 fully saturated rings. The van der Waals surface area contributed by atoms with Crippen LogP contribution in [-0.4, -0.2) is 125 Å². The molecular formula is C40H64N6O4. The molecule has 0 spiro atoms. The van der Waals surface area contributed by atoms with Crippen molar-refractivity contribution in [3.63, 3.8) is 0 Å². The van der Waals surface area contributed by atoms with Crippen molar-refractivity contribution >= 4 is 23.6 Å². The number of piperazine rings is 1. The van der Waals surface area contributed by atoms with Crippen LogP contribution in [0.2, 0.25) is 0 Å². The SMILES string of the molecule is C/C(=C\[C@H](C(C)C)N(C)C(=O)[C@@H](NC(=O)[C@H]1CCCCN1C(C)C)C(C)(C)C)C(=O)N1CCC[C@H]1C(=O)N1CCN(Cc2ccccc2)CC1. The molecule has 0 aromatic heterocycles. The quantitative estimate of drug-likeness (QED) is 0.342. The van der Waals surface area contributed by atoms with Crippen molar-refractivity contribution in [3.05, 3.63) is 47.5 Å². The molecule has 4 atom stereocenters. The van der Waals surface area contributed by atoms with E-state index in [-0.39, 0.29) is 47.7 Å². The topological polar surface area (TPSA) is 96.5 Å². The fourth-order valence-electron chi connectivity index (χ4n) is 7.84. The van der Waals surface area contributed by atoms with Crippen molar-refractivity contribution in [2.24, 2.45) is 11.3 Å². The van der Waals surface area contributed by atoms with Gasteiger partial charge >= 0.3 is 0 Å². The number of likely N-dealkylation sites (tertiary alicyclic amines) is 2. The molecule has 3 aliphatic rings. The zero-order valence-electron chi connectivity index (χ0n) is 32.3. The van der Waals surface area contributed by atoms with Crippen molar-refractivity contribution < 1.29 is 19.2 Å². The summed E-state index contributed by atoms with van der Waals surface area (Å²) in [7, 11) is 1.77. The highest BCUT2D eigenvalue weighted by Gasteiger charge is 2.41. The van der Waals surface area contributed by atoms with E-state index in [2.05, 4.69) is 53.2 Å². The zero-order valence-corrected chi connectivity index (χ0v) is 32.3. The Bertz CT molecular complexity index is 1350. The molecule has 0 bridgehead atoms. The minimum absolute atomic E-state index is 0.0148. The molecule has 3 saturated heterocycles. The standard InChI is InChI=1S/C40H64N6O4/c1-28(2)34(42(9)39(50)35(40(6,7)8)41-36(47)32-18-13-14-20-45(32)29(3)4)26-30(5)37(48)46-21-15-19-33(46)38(49)44-24-22-43(23-25-44)27-31-16-11-10-12-17-31/h10-12,16-17,26,28-29,32-35H,13-15,18-25,27H2,1-9H3,(H,41,47)/b30-26+/t32-,33+,34-,35-/m1/s1. The summed E-state index contributed by atoms with van der Waals surface area (Å²) in [5.41, 5.74) is 1.28. The first-order valence-corrected chi connectivity index (χ1v) is 19.0. The number of likely N-dealkylation sites (N-methyl/N-ethyl adjacent to an activating group) is 1. The average Bonchev–Trinajstić information content (AvgIpc) is 3.58. The molecule has 1 aromatic carbocycles. The van der Waals surface area contributed by atoms with E-state index >= 15 is 0 Å². The predicted octanol–water partition coefficient (Wildman–Crippen LogP) is 4.54. The fourth-order valence-corrected chi connectivity index (χ4v) is 7.84. The van der Waals surface area contributed by atoms with Gasteiger partial charge in [-0.2, -0.15) is 0 Å². The molecule has 1 aromatic rings. The van der Waals surface area contributed by atoms with E-state index in [0.29, 0.717) is 31.6 Å². The van der Waals surface area contributed by atoms with Crippen LogP contribution in [0.3, 0.4) is 0 Å². The smallest absolute Gasteiger partial charge is 0.249 e. The minimum atomic E-state index is -0.727. The molecule has 1 N–H and O–H groups in total. The van der Waals surface area contributed by atoms with Crippen molar-refractivity contribution in [2.75, 3.05) is 46.3 Å². The Labute approximate surface area is 301 Å². The van der Waals surface area contributed by atoms with Crippen molar-refractivity contribution in [2.45, 2.75) is 124 Å². The molecule has 0 aliphatic carbocycles. The lowest BCUT2D eigenvalue weighted by atomic mass is 9.84. The normalized spacial score (nSPS) is 22.5. The number of benzene rings is 1. The molecule has 0 saturated carbocycles. The number of amides is 4. The third-order valence-electron chi connectivity index (χ3n) is 10.9. The third-order valence-corrected chi connectivity index (χ3v) is 10.9. The van der Waals surface area contributed by atoms with Gasteiger partial charge in [0.2, 0.25) is 23.6 Å². The molecule has 10 heteroatoms. The summed E-state index contributed by atoms with van der Waals surface area (Å²) < 4.78 is 0. The summed E-state index contributed by atoms with van der Waals surface area (Å²) >= 11 is 0. The van der Waals surface area contributed by atoms with Crippen LogP contribution >= 0.6 is 0 Å². The first-order chi connectivity index (χ1) is 23.6. The number of piperidine rings is 1. The van der Waals surface area contributed by atoms with E-state index in [1.807, 2.05) is 51.7 Å². The summed E-state index contributed by atoms with van der Waals surface area (Å²) in [6.07, 6.45) is 6.20. The molecular weight excluding hydrogens is 628 g/mol. The second-order valence-corrected chi connectivity index (χ2v) is 16.4. The summed E-state index contributed by atoms with van der Waals surface area (Å²) in [6, 6.07) is 8.83.